The van der Waals surface area contributed by atoms with Crippen LogP contribution in [0.4, 0.5) is 4.79 Å². The largest absolute Gasteiger partial charge is 0.480 e. The standard InChI is InChI=1S/C21H27N3O6S2/c1-21(2,3)30-20(27)24-12-9-14(10-13-24)18(19(25)26)23-32(28,29)17-8-7-16(31-17)15-6-4-5-11-22-15/h4-8,11,14,18,23H,9-10,12-13H2,1-3H3,(H,25,26)/t18-/m1/s1. The van der Waals surface area contributed by atoms with Crippen molar-refractivity contribution in [3.05, 3.63) is 36.5 Å². The van der Waals surface area contributed by atoms with Crippen molar-refractivity contribution < 1.29 is 27.9 Å². The monoisotopic (exact) mass is 481 g/mol. The lowest BCUT2D eigenvalue weighted by molar-refractivity contribution is -0.140. The Hall–Kier alpha value is -2.50. The summed E-state index contributed by atoms with van der Waals surface area (Å²) in [6.45, 7) is 5.92. The van der Waals surface area contributed by atoms with Gasteiger partial charge < -0.3 is 14.7 Å². The summed E-state index contributed by atoms with van der Waals surface area (Å²) < 4.78 is 33.5. The molecule has 0 aromatic carbocycles. The molecule has 3 heterocycles. The molecule has 0 bridgehead atoms. The molecule has 11 heteroatoms. The molecule has 1 aliphatic heterocycles. The minimum absolute atomic E-state index is 0.0237. The first-order valence-corrected chi connectivity index (χ1v) is 12.5. The van der Waals surface area contributed by atoms with Crippen molar-refractivity contribution in [2.24, 2.45) is 5.92 Å². The summed E-state index contributed by atoms with van der Waals surface area (Å²) >= 11 is 1.03. The molecule has 1 saturated heterocycles. The Morgan fingerprint density at radius 3 is 2.47 bits per heavy atom. The number of piperidine rings is 1. The SMILES string of the molecule is CC(C)(C)OC(=O)N1CCC([C@@H](NS(=O)(=O)c2ccc(-c3ccccn3)s2)C(=O)O)CC1. The number of likely N-dealkylation sites (tertiary alicyclic amines) is 1. The van der Waals surface area contributed by atoms with E-state index in [0.717, 1.165) is 11.3 Å². The number of nitrogens with zero attached hydrogens (tertiary/aromatic N) is 2. The lowest BCUT2D eigenvalue weighted by atomic mass is 9.90. The summed E-state index contributed by atoms with van der Waals surface area (Å²) in [7, 11) is -4.04. The maximum Gasteiger partial charge on any atom is 0.410 e. The second-order valence-corrected chi connectivity index (χ2v) is 11.6. The van der Waals surface area contributed by atoms with E-state index in [1.54, 1.807) is 51.2 Å². The number of thiophene rings is 1. The van der Waals surface area contributed by atoms with Crippen molar-refractivity contribution in [1.82, 2.24) is 14.6 Å². The van der Waals surface area contributed by atoms with Gasteiger partial charge in [-0.05, 0) is 63.8 Å². The van der Waals surface area contributed by atoms with Crippen molar-refractivity contribution in [3.8, 4) is 10.6 Å². The zero-order valence-corrected chi connectivity index (χ0v) is 19.8. The summed E-state index contributed by atoms with van der Waals surface area (Å²) in [6, 6.07) is 7.15. The zero-order valence-electron chi connectivity index (χ0n) is 18.1. The summed E-state index contributed by atoms with van der Waals surface area (Å²) in [5, 5.41) is 9.71. The molecule has 1 fully saturated rings. The van der Waals surface area contributed by atoms with Crippen LogP contribution in [0, 0.1) is 5.92 Å². The molecule has 32 heavy (non-hydrogen) atoms. The van der Waals surface area contributed by atoms with Crippen LogP contribution in [-0.4, -0.2) is 60.2 Å². The van der Waals surface area contributed by atoms with E-state index in [1.807, 2.05) is 0 Å². The van der Waals surface area contributed by atoms with Gasteiger partial charge >= 0.3 is 12.1 Å². The molecule has 2 aromatic rings. The van der Waals surface area contributed by atoms with Gasteiger partial charge in [0, 0.05) is 19.3 Å². The van der Waals surface area contributed by atoms with E-state index in [1.165, 1.54) is 11.0 Å². The lowest BCUT2D eigenvalue weighted by Crippen LogP contribution is -2.50. The molecule has 1 atom stereocenters. The maximum absolute atomic E-state index is 12.9. The number of amides is 1. The smallest absolute Gasteiger partial charge is 0.410 e. The number of aromatic nitrogens is 1. The first-order chi connectivity index (χ1) is 15.0. The van der Waals surface area contributed by atoms with Crippen LogP contribution in [0.1, 0.15) is 33.6 Å². The molecule has 0 unspecified atom stereocenters. The number of nitrogens with one attached hydrogen (secondary N) is 1. The van der Waals surface area contributed by atoms with E-state index >= 15 is 0 Å². The Morgan fingerprint density at radius 1 is 1.22 bits per heavy atom. The number of carbonyl (C=O) groups excluding carboxylic acids is 1. The van der Waals surface area contributed by atoms with Crippen LogP contribution in [0.2, 0.25) is 0 Å². The van der Waals surface area contributed by atoms with Gasteiger partial charge in [0.15, 0.2) is 0 Å². The third-order valence-corrected chi connectivity index (χ3v) is 8.02. The van der Waals surface area contributed by atoms with Gasteiger partial charge in [0.2, 0.25) is 0 Å². The molecule has 0 spiro atoms. The fraction of sp³-hybridized carbons (Fsp3) is 0.476. The van der Waals surface area contributed by atoms with E-state index in [0.29, 0.717) is 36.5 Å². The van der Waals surface area contributed by atoms with Crippen molar-refractivity contribution in [1.29, 1.82) is 0 Å². The molecular weight excluding hydrogens is 454 g/mol. The molecule has 2 aromatic heterocycles. The number of ether oxygens (including phenoxy) is 1. The molecule has 174 valence electrons. The van der Waals surface area contributed by atoms with Crippen LogP contribution in [0.3, 0.4) is 0 Å². The van der Waals surface area contributed by atoms with Crippen molar-refractivity contribution in [3.63, 3.8) is 0 Å². The first-order valence-electron chi connectivity index (χ1n) is 10.2. The Kier molecular flexibility index (Phi) is 7.21. The van der Waals surface area contributed by atoms with Crippen LogP contribution in [0.5, 0.6) is 0 Å². The van der Waals surface area contributed by atoms with Gasteiger partial charge in [0.05, 0.1) is 10.6 Å². The second-order valence-electron chi connectivity index (χ2n) is 8.58. The summed E-state index contributed by atoms with van der Waals surface area (Å²) in [6.07, 6.45) is 1.86. The number of hydrogen-bond acceptors (Lipinski definition) is 7. The summed E-state index contributed by atoms with van der Waals surface area (Å²) in [5.74, 6) is -1.69. The number of hydrogen-bond donors (Lipinski definition) is 2. The Bertz CT molecular complexity index is 1050. The van der Waals surface area contributed by atoms with Gasteiger partial charge in [-0.25, -0.2) is 13.2 Å². The van der Waals surface area contributed by atoms with Crippen LogP contribution < -0.4 is 4.72 Å². The highest BCUT2D eigenvalue weighted by Gasteiger charge is 2.37. The van der Waals surface area contributed by atoms with E-state index in [4.69, 9.17) is 4.74 Å². The lowest BCUT2D eigenvalue weighted by Gasteiger charge is -2.35. The molecule has 0 radical (unpaired) electrons. The third-order valence-electron chi connectivity index (χ3n) is 4.97. The third kappa shape index (κ3) is 6.05. The molecule has 2 N–H and O–H groups in total. The number of rotatable bonds is 6. The number of aliphatic carboxylic acids is 1. The molecule has 0 aliphatic carbocycles. The Labute approximate surface area is 191 Å². The fourth-order valence-corrected chi connectivity index (χ4v) is 5.98. The summed E-state index contributed by atoms with van der Waals surface area (Å²) in [4.78, 5) is 30.5. The van der Waals surface area contributed by atoms with E-state index in [-0.39, 0.29) is 4.21 Å². The minimum atomic E-state index is -4.04. The van der Waals surface area contributed by atoms with Crippen LogP contribution in [0.25, 0.3) is 10.6 Å². The van der Waals surface area contributed by atoms with Crippen molar-refractivity contribution >= 4 is 33.4 Å². The van der Waals surface area contributed by atoms with Crippen molar-refractivity contribution in [2.45, 2.75) is 49.5 Å². The van der Waals surface area contributed by atoms with E-state index in [9.17, 15) is 23.1 Å². The Balaban J connectivity index is 1.67. The van der Waals surface area contributed by atoms with E-state index in [2.05, 4.69) is 9.71 Å². The molecule has 1 amide bonds. The predicted molar refractivity (Wildman–Crippen MR) is 120 cm³/mol. The zero-order chi connectivity index (χ0) is 23.5. The van der Waals surface area contributed by atoms with E-state index < -0.39 is 39.6 Å². The van der Waals surface area contributed by atoms with Crippen molar-refractivity contribution in [2.75, 3.05) is 13.1 Å². The highest BCUT2D eigenvalue weighted by molar-refractivity contribution is 7.91. The van der Waals surface area contributed by atoms with Gasteiger partial charge in [-0.2, -0.15) is 4.72 Å². The predicted octanol–water partition coefficient (Wildman–Crippen LogP) is 3.19. The van der Waals surface area contributed by atoms with Gasteiger partial charge in [-0.1, -0.05) is 6.07 Å². The quantitative estimate of drug-likeness (QED) is 0.649. The number of sulfonamides is 1. The van der Waals surface area contributed by atoms with Gasteiger partial charge in [-0.15, -0.1) is 11.3 Å². The van der Waals surface area contributed by atoms with Gasteiger partial charge in [-0.3, -0.25) is 9.78 Å². The molecule has 0 saturated carbocycles. The maximum atomic E-state index is 12.9. The van der Waals surface area contributed by atoms with Gasteiger partial charge in [0.1, 0.15) is 15.9 Å². The number of carbonyl (C=O) groups is 2. The second kappa shape index (κ2) is 9.55. The molecule has 9 nitrogen and oxygen atoms in total. The topological polar surface area (TPSA) is 126 Å². The highest BCUT2D eigenvalue weighted by atomic mass is 32.2. The van der Waals surface area contributed by atoms with Crippen LogP contribution >= 0.6 is 11.3 Å². The molecule has 1 aliphatic rings. The van der Waals surface area contributed by atoms with Crippen LogP contribution in [0.15, 0.2) is 40.7 Å². The first kappa shape index (κ1) is 24.1. The number of carboxylic acids is 1. The number of pyridine rings is 1. The summed E-state index contributed by atoms with van der Waals surface area (Å²) in [5.41, 5.74) is 0.0189. The Morgan fingerprint density at radius 2 is 1.91 bits per heavy atom. The normalized spacial score (nSPS) is 16.5. The van der Waals surface area contributed by atoms with Gasteiger partial charge in [0.25, 0.3) is 10.0 Å². The fourth-order valence-electron chi connectivity index (χ4n) is 3.43. The molecular formula is C21H27N3O6S2. The highest BCUT2D eigenvalue weighted by Crippen LogP contribution is 2.30. The molecule has 3 rings (SSSR count). The average Bonchev–Trinajstić information content (AvgIpc) is 3.23. The van der Waals surface area contributed by atoms with Crippen LogP contribution in [-0.2, 0) is 19.6 Å². The number of carboxylic acid groups (broad SMARTS) is 1. The average molecular weight is 482 g/mol. The minimum Gasteiger partial charge on any atom is -0.480 e.